The van der Waals surface area contributed by atoms with Gasteiger partial charge in [0.05, 0.1) is 21.1 Å². The third kappa shape index (κ3) is 2.58. The molecule has 3 aromatic rings. The first kappa shape index (κ1) is 17.2. The molecule has 3 atom stereocenters. The molecule has 0 radical (unpaired) electrons. The van der Waals surface area contributed by atoms with Crippen LogP contribution in [0.15, 0.2) is 58.4 Å². The number of non-ortho nitro benzene ring substituents is 1. The molecule has 7 nitrogen and oxygen atoms in total. The van der Waals surface area contributed by atoms with Gasteiger partial charge >= 0.3 is 10.8 Å². The van der Waals surface area contributed by atoms with Crippen LogP contribution in [0.1, 0.15) is 27.2 Å². The Labute approximate surface area is 166 Å². The van der Waals surface area contributed by atoms with Gasteiger partial charge in [-0.05, 0) is 11.6 Å². The number of benzene rings is 2. The van der Waals surface area contributed by atoms with Crippen molar-refractivity contribution in [2.45, 2.75) is 16.2 Å². The molecule has 0 bridgehead atoms. The van der Waals surface area contributed by atoms with E-state index in [9.17, 15) is 19.7 Å². The highest BCUT2D eigenvalue weighted by Gasteiger charge is 2.49. The Bertz CT molecular complexity index is 1170. The predicted molar refractivity (Wildman–Crippen MR) is 104 cm³/mol. The van der Waals surface area contributed by atoms with Crippen LogP contribution in [-0.4, -0.2) is 15.9 Å². The Morgan fingerprint density at radius 3 is 2.64 bits per heavy atom. The lowest BCUT2D eigenvalue weighted by atomic mass is 9.78. The second kappa shape index (κ2) is 6.32. The zero-order chi connectivity index (χ0) is 19.4. The number of nitro groups is 1. The Morgan fingerprint density at radius 1 is 1.11 bits per heavy atom. The molecule has 0 spiro atoms. The molecular weight excluding hydrogens is 400 g/mol. The Hall–Kier alpha value is -2.91. The topological polar surface area (TPSA) is 102 Å². The third-order valence-corrected chi connectivity index (χ3v) is 7.48. The summed E-state index contributed by atoms with van der Waals surface area (Å²) >= 11 is 2.47. The highest BCUT2D eigenvalue weighted by Crippen LogP contribution is 2.58. The maximum Gasteiger partial charge on any atom is 0.316 e. The van der Waals surface area contributed by atoms with Gasteiger partial charge in [0.25, 0.3) is 5.69 Å². The molecule has 0 saturated heterocycles. The maximum absolute atomic E-state index is 13.0. The van der Waals surface area contributed by atoms with E-state index in [1.165, 1.54) is 30.0 Å². The van der Waals surface area contributed by atoms with E-state index >= 15 is 0 Å². The van der Waals surface area contributed by atoms with Gasteiger partial charge < -0.3 is 9.72 Å². The Morgan fingerprint density at radius 2 is 1.89 bits per heavy atom. The number of thioether (sulfide) groups is 1. The number of H-pyrrole nitrogens is 1. The summed E-state index contributed by atoms with van der Waals surface area (Å²) < 4.78 is 5.55. The molecule has 2 aromatic carbocycles. The monoisotopic (exact) mass is 412 g/mol. The van der Waals surface area contributed by atoms with E-state index in [0.29, 0.717) is 16.3 Å². The molecule has 9 heteroatoms. The molecular formula is C19H12N2O5S2. The summed E-state index contributed by atoms with van der Waals surface area (Å²) in [5.74, 6) is -1.14. The van der Waals surface area contributed by atoms with E-state index in [2.05, 4.69) is 4.98 Å². The van der Waals surface area contributed by atoms with Crippen LogP contribution in [0.5, 0.6) is 5.75 Å². The summed E-state index contributed by atoms with van der Waals surface area (Å²) in [5, 5.41) is 11.7. The SMILES string of the molecule is O=C1Oc2ccc([N+](=O)[O-])cc2C2c3sc(=O)[nH]c3SC(c3ccccc3)C12. The molecule has 0 aliphatic carbocycles. The van der Waals surface area contributed by atoms with Crippen molar-refractivity contribution in [3.8, 4) is 5.75 Å². The molecule has 3 heterocycles. The smallest absolute Gasteiger partial charge is 0.316 e. The maximum atomic E-state index is 13.0. The molecule has 3 unspecified atom stereocenters. The number of nitrogens with zero attached hydrogens (tertiary/aromatic N) is 1. The van der Waals surface area contributed by atoms with Crippen LogP contribution < -0.4 is 9.61 Å². The van der Waals surface area contributed by atoms with E-state index in [-0.39, 0.29) is 21.8 Å². The molecule has 0 fully saturated rings. The van der Waals surface area contributed by atoms with Crippen molar-refractivity contribution in [3.05, 3.63) is 84.3 Å². The molecule has 1 N–H and O–H groups in total. The Balaban J connectivity index is 1.75. The number of aromatic amines is 1. The number of hydrogen-bond acceptors (Lipinski definition) is 7. The van der Waals surface area contributed by atoms with Crippen molar-refractivity contribution in [1.29, 1.82) is 0 Å². The molecule has 2 aliphatic heterocycles. The summed E-state index contributed by atoms with van der Waals surface area (Å²) in [4.78, 5) is 39.2. The second-order valence-corrected chi connectivity index (χ2v) is 8.73. The standard InChI is InChI=1S/C19H12N2O5S2/c22-18-14-13(11-8-10(21(24)25)6-7-12(11)26-18)16-17(20-19(23)28-16)27-15(14)9-4-2-1-3-5-9/h1-8,13-15H,(H,20,23). The van der Waals surface area contributed by atoms with E-state index in [1.54, 1.807) is 0 Å². The summed E-state index contributed by atoms with van der Waals surface area (Å²) in [6.45, 7) is 0. The summed E-state index contributed by atoms with van der Waals surface area (Å²) in [7, 11) is 0. The number of nitrogens with one attached hydrogen (secondary N) is 1. The van der Waals surface area contributed by atoms with Crippen molar-refractivity contribution in [1.82, 2.24) is 4.98 Å². The molecule has 1 aromatic heterocycles. The number of carbonyl (C=O) groups is 1. The molecule has 2 aliphatic rings. The number of nitro benzene ring substituents is 1. The molecule has 28 heavy (non-hydrogen) atoms. The average Bonchev–Trinajstić information content (AvgIpc) is 3.07. The van der Waals surface area contributed by atoms with Crippen LogP contribution in [0.4, 0.5) is 5.69 Å². The normalized spacial score (nSPS) is 22.6. The minimum Gasteiger partial charge on any atom is -0.426 e. The highest BCUT2D eigenvalue weighted by atomic mass is 32.2. The van der Waals surface area contributed by atoms with Crippen LogP contribution in [0, 0.1) is 16.0 Å². The first-order chi connectivity index (χ1) is 13.5. The number of thiazole rings is 1. The van der Waals surface area contributed by atoms with Gasteiger partial charge in [0.2, 0.25) is 0 Å². The van der Waals surface area contributed by atoms with Crippen molar-refractivity contribution in [2.75, 3.05) is 0 Å². The van der Waals surface area contributed by atoms with Gasteiger partial charge in [0.15, 0.2) is 0 Å². The number of aromatic nitrogens is 1. The van der Waals surface area contributed by atoms with Crippen LogP contribution in [0.25, 0.3) is 0 Å². The second-order valence-electron chi connectivity index (χ2n) is 6.56. The van der Waals surface area contributed by atoms with Gasteiger partial charge in [0.1, 0.15) is 5.75 Å². The minimum atomic E-state index is -0.583. The van der Waals surface area contributed by atoms with Gasteiger partial charge in [-0.3, -0.25) is 19.7 Å². The largest absolute Gasteiger partial charge is 0.426 e. The number of esters is 1. The lowest BCUT2D eigenvalue weighted by Crippen LogP contribution is -2.37. The lowest BCUT2D eigenvalue weighted by Gasteiger charge is -2.39. The zero-order valence-electron chi connectivity index (χ0n) is 14.2. The number of carbonyl (C=O) groups excluding carboxylic acids is 1. The number of fused-ring (bicyclic) bond motifs is 5. The van der Waals surface area contributed by atoms with Gasteiger partial charge in [-0.1, -0.05) is 53.4 Å². The fourth-order valence-corrected chi connectivity index (χ4v) is 6.42. The van der Waals surface area contributed by atoms with Gasteiger partial charge in [-0.2, -0.15) is 0 Å². The van der Waals surface area contributed by atoms with Crippen molar-refractivity contribution in [2.24, 2.45) is 5.92 Å². The van der Waals surface area contributed by atoms with E-state index < -0.39 is 16.8 Å². The minimum absolute atomic E-state index is 0.0747. The van der Waals surface area contributed by atoms with Gasteiger partial charge in [-0.25, -0.2) is 0 Å². The lowest BCUT2D eigenvalue weighted by molar-refractivity contribution is -0.385. The molecule has 0 amide bonds. The fourth-order valence-electron chi connectivity index (χ4n) is 3.83. The first-order valence-corrected chi connectivity index (χ1v) is 10.2. The predicted octanol–water partition coefficient (Wildman–Crippen LogP) is 3.86. The summed E-state index contributed by atoms with van der Waals surface area (Å²) in [5.41, 5.74) is 1.43. The zero-order valence-corrected chi connectivity index (χ0v) is 15.8. The quantitative estimate of drug-likeness (QED) is 0.297. The molecule has 5 rings (SSSR count). The molecule has 140 valence electrons. The van der Waals surface area contributed by atoms with Gasteiger partial charge in [0, 0.05) is 28.5 Å². The van der Waals surface area contributed by atoms with Gasteiger partial charge in [-0.15, -0.1) is 0 Å². The van der Waals surface area contributed by atoms with E-state index in [1.807, 2.05) is 30.3 Å². The summed E-state index contributed by atoms with van der Waals surface area (Å²) in [6.07, 6.45) is 0. The third-order valence-electron chi connectivity index (χ3n) is 5.00. The van der Waals surface area contributed by atoms with Crippen LogP contribution in [0.3, 0.4) is 0 Å². The van der Waals surface area contributed by atoms with Crippen molar-refractivity contribution >= 4 is 34.8 Å². The van der Waals surface area contributed by atoms with Crippen molar-refractivity contribution in [3.63, 3.8) is 0 Å². The van der Waals surface area contributed by atoms with Crippen molar-refractivity contribution < 1.29 is 14.5 Å². The highest BCUT2D eigenvalue weighted by molar-refractivity contribution is 7.99. The summed E-state index contributed by atoms with van der Waals surface area (Å²) in [6, 6.07) is 13.8. The first-order valence-electron chi connectivity index (χ1n) is 8.47. The fraction of sp³-hybridized carbons (Fsp3) is 0.158. The average molecular weight is 412 g/mol. The van der Waals surface area contributed by atoms with Crippen LogP contribution in [-0.2, 0) is 4.79 Å². The Kier molecular flexibility index (Phi) is 3.88. The van der Waals surface area contributed by atoms with Crippen LogP contribution in [0.2, 0.25) is 0 Å². The number of hydrogen-bond donors (Lipinski definition) is 1. The van der Waals surface area contributed by atoms with E-state index in [4.69, 9.17) is 4.74 Å². The van der Waals surface area contributed by atoms with E-state index in [0.717, 1.165) is 21.8 Å². The number of rotatable bonds is 2. The number of ether oxygens (including phenoxy) is 1. The van der Waals surface area contributed by atoms with Crippen LogP contribution >= 0.6 is 23.1 Å². The molecule has 0 saturated carbocycles.